The third-order valence-electron chi connectivity index (χ3n) is 3.83. The summed E-state index contributed by atoms with van der Waals surface area (Å²) < 4.78 is 4.83. The Kier molecular flexibility index (Phi) is 7.59. The smallest absolute Gasteiger partial charge is 0.306 e. The Balaban J connectivity index is 2.01. The van der Waals surface area contributed by atoms with Crippen molar-refractivity contribution in [3.8, 4) is 11.3 Å². The first-order valence-corrected chi connectivity index (χ1v) is 9.71. The van der Waals surface area contributed by atoms with Gasteiger partial charge in [-0.1, -0.05) is 12.1 Å². The summed E-state index contributed by atoms with van der Waals surface area (Å²) in [6.07, 6.45) is 0.185. The lowest BCUT2D eigenvalue weighted by Gasteiger charge is -2.16. The van der Waals surface area contributed by atoms with E-state index in [1.54, 1.807) is 18.3 Å². The van der Waals surface area contributed by atoms with Crippen LogP contribution in [0.1, 0.15) is 33.6 Å². The van der Waals surface area contributed by atoms with Gasteiger partial charge >= 0.3 is 5.97 Å². The average Bonchev–Trinajstić information content (AvgIpc) is 3.11. The van der Waals surface area contributed by atoms with Crippen molar-refractivity contribution < 1.29 is 14.3 Å². The molecule has 0 fully saturated rings. The van der Waals surface area contributed by atoms with Crippen molar-refractivity contribution in [2.45, 2.75) is 33.6 Å². The molecule has 6 nitrogen and oxygen atoms in total. The van der Waals surface area contributed by atoms with Gasteiger partial charge in [0.25, 0.3) is 0 Å². The summed E-state index contributed by atoms with van der Waals surface area (Å²) in [4.78, 5) is 30.2. The van der Waals surface area contributed by atoms with E-state index in [9.17, 15) is 9.59 Å². The number of amides is 1. The number of rotatable bonds is 9. The molecule has 0 aliphatic carbocycles. The van der Waals surface area contributed by atoms with Crippen LogP contribution in [0.25, 0.3) is 11.3 Å². The highest BCUT2D eigenvalue weighted by Gasteiger charge is 2.11. The molecule has 0 bridgehead atoms. The minimum atomic E-state index is -0.359. The highest BCUT2D eigenvalue weighted by Crippen LogP contribution is 2.28. The van der Waals surface area contributed by atoms with Crippen LogP contribution in [0.15, 0.2) is 29.6 Å². The van der Waals surface area contributed by atoms with Crippen LogP contribution in [-0.4, -0.2) is 36.6 Å². The molecule has 0 saturated carbocycles. The lowest BCUT2D eigenvalue weighted by Crippen LogP contribution is -2.21. The first-order valence-electron chi connectivity index (χ1n) is 8.83. The molecule has 0 saturated heterocycles. The second kappa shape index (κ2) is 9.91. The number of carbonyl (C=O) groups is 2. The van der Waals surface area contributed by atoms with E-state index >= 15 is 0 Å². The van der Waals surface area contributed by atoms with Crippen LogP contribution < -0.4 is 10.2 Å². The number of hydrogen-bond acceptors (Lipinski definition) is 6. The number of esters is 1. The van der Waals surface area contributed by atoms with Crippen LogP contribution in [0, 0.1) is 0 Å². The number of nitrogens with zero attached hydrogens (tertiary/aromatic N) is 2. The van der Waals surface area contributed by atoms with Crippen LogP contribution in [0.2, 0.25) is 0 Å². The fourth-order valence-electron chi connectivity index (χ4n) is 2.46. The second-order valence-corrected chi connectivity index (χ2v) is 6.46. The number of ether oxygens (including phenoxy) is 1. The molecule has 140 valence electrons. The second-order valence-electron chi connectivity index (χ2n) is 5.62. The van der Waals surface area contributed by atoms with Crippen LogP contribution in [0.4, 0.5) is 10.8 Å². The Labute approximate surface area is 158 Å². The quantitative estimate of drug-likeness (QED) is 0.672. The number of thiazole rings is 1. The maximum Gasteiger partial charge on any atom is 0.306 e. The molecule has 0 aliphatic heterocycles. The molecule has 2 rings (SSSR count). The van der Waals surface area contributed by atoms with Crippen molar-refractivity contribution in [1.29, 1.82) is 0 Å². The molecule has 1 heterocycles. The molecule has 2 aromatic rings. The van der Waals surface area contributed by atoms with Crippen molar-refractivity contribution in [3.05, 3.63) is 29.6 Å². The van der Waals surface area contributed by atoms with E-state index in [0.29, 0.717) is 12.3 Å². The minimum absolute atomic E-state index is 0.0820. The van der Waals surface area contributed by atoms with Gasteiger partial charge in [0.15, 0.2) is 5.13 Å². The summed E-state index contributed by atoms with van der Waals surface area (Å²) in [7, 11) is 0. The monoisotopic (exact) mass is 375 g/mol. The topological polar surface area (TPSA) is 71.5 Å². The molecule has 0 atom stereocenters. The number of hydrogen-bond donors (Lipinski definition) is 1. The Morgan fingerprint density at radius 2 is 1.96 bits per heavy atom. The van der Waals surface area contributed by atoms with Crippen LogP contribution >= 0.6 is 11.3 Å². The summed E-state index contributed by atoms with van der Waals surface area (Å²) in [6.45, 7) is 8.12. The van der Waals surface area contributed by atoms with E-state index in [-0.39, 0.29) is 24.7 Å². The van der Waals surface area contributed by atoms with Gasteiger partial charge in [0.1, 0.15) is 0 Å². The fourth-order valence-corrected chi connectivity index (χ4v) is 3.43. The van der Waals surface area contributed by atoms with Gasteiger partial charge in [0.05, 0.1) is 18.7 Å². The SMILES string of the molecule is CCOC(=O)CCC(=O)Nc1cccc(-c2csc(N(CC)CC)n2)c1. The molecule has 1 amide bonds. The third-order valence-corrected chi connectivity index (χ3v) is 4.73. The minimum Gasteiger partial charge on any atom is -0.466 e. The molecule has 1 aromatic carbocycles. The van der Waals surface area contributed by atoms with Crippen molar-refractivity contribution in [2.24, 2.45) is 0 Å². The van der Waals surface area contributed by atoms with E-state index in [1.807, 2.05) is 29.6 Å². The first kappa shape index (κ1) is 19.9. The third kappa shape index (κ3) is 5.56. The average molecular weight is 375 g/mol. The number of anilines is 2. The molecular formula is C19H25N3O3S. The Morgan fingerprint density at radius 1 is 1.19 bits per heavy atom. The van der Waals surface area contributed by atoms with Gasteiger partial charge in [-0.3, -0.25) is 9.59 Å². The van der Waals surface area contributed by atoms with Crippen molar-refractivity contribution in [2.75, 3.05) is 29.9 Å². The zero-order valence-corrected chi connectivity index (χ0v) is 16.3. The van der Waals surface area contributed by atoms with Gasteiger partial charge < -0.3 is 15.0 Å². The molecular weight excluding hydrogens is 350 g/mol. The number of carbonyl (C=O) groups excluding carboxylic acids is 2. The van der Waals surface area contributed by atoms with Gasteiger partial charge in [-0.05, 0) is 32.9 Å². The van der Waals surface area contributed by atoms with Crippen molar-refractivity contribution in [1.82, 2.24) is 4.98 Å². The van der Waals surface area contributed by atoms with Gasteiger partial charge in [-0.25, -0.2) is 4.98 Å². The molecule has 26 heavy (non-hydrogen) atoms. The molecule has 1 N–H and O–H groups in total. The maximum absolute atomic E-state index is 12.0. The predicted octanol–water partition coefficient (Wildman–Crippen LogP) is 3.94. The van der Waals surface area contributed by atoms with E-state index in [2.05, 4.69) is 24.1 Å². The summed E-state index contributed by atoms with van der Waals surface area (Å²) in [5.74, 6) is -0.569. The van der Waals surface area contributed by atoms with Crippen LogP contribution in [0.5, 0.6) is 0 Å². The van der Waals surface area contributed by atoms with Gasteiger partial charge in [0, 0.05) is 36.1 Å². The molecule has 7 heteroatoms. The molecule has 0 unspecified atom stereocenters. The van der Waals surface area contributed by atoms with E-state index < -0.39 is 0 Å². The number of aromatic nitrogens is 1. The molecule has 0 aliphatic rings. The zero-order valence-electron chi connectivity index (χ0n) is 15.4. The zero-order chi connectivity index (χ0) is 18.9. The van der Waals surface area contributed by atoms with Crippen molar-refractivity contribution in [3.63, 3.8) is 0 Å². The maximum atomic E-state index is 12.0. The highest BCUT2D eigenvalue weighted by molar-refractivity contribution is 7.14. The Morgan fingerprint density at radius 3 is 2.65 bits per heavy atom. The van der Waals surface area contributed by atoms with Crippen molar-refractivity contribution >= 4 is 34.0 Å². The summed E-state index contributed by atoms with van der Waals surface area (Å²) in [5, 5.41) is 5.84. The van der Waals surface area contributed by atoms with Crippen LogP contribution in [-0.2, 0) is 14.3 Å². The normalized spacial score (nSPS) is 10.4. The highest BCUT2D eigenvalue weighted by atomic mass is 32.1. The van der Waals surface area contributed by atoms with Gasteiger partial charge in [-0.15, -0.1) is 11.3 Å². The van der Waals surface area contributed by atoms with E-state index in [1.165, 1.54) is 0 Å². The van der Waals surface area contributed by atoms with Gasteiger partial charge in [0.2, 0.25) is 5.91 Å². The standard InChI is InChI=1S/C19H25N3O3S/c1-4-22(5-2)19-21-16(13-26-19)14-8-7-9-15(12-14)20-17(23)10-11-18(24)25-6-3/h7-9,12-13H,4-6,10-11H2,1-3H3,(H,20,23). The largest absolute Gasteiger partial charge is 0.466 e. The number of benzene rings is 1. The fraction of sp³-hybridized carbons (Fsp3) is 0.421. The first-order chi connectivity index (χ1) is 12.6. The Bertz CT molecular complexity index is 741. The molecule has 0 spiro atoms. The summed E-state index contributed by atoms with van der Waals surface area (Å²) in [5.41, 5.74) is 2.52. The van der Waals surface area contributed by atoms with Crippen LogP contribution in [0.3, 0.4) is 0 Å². The molecule has 1 aromatic heterocycles. The lowest BCUT2D eigenvalue weighted by atomic mass is 10.1. The predicted molar refractivity (Wildman–Crippen MR) is 106 cm³/mol. The summed E-state index contributed by atoms with van der Waals surface area (Å²) in [6, 6.07) is 7.56. The molecule has 0 radical (unpaired) electrons. The Hall–Kier alpha value is -2.41. The summed E-state index contributed by atoms with van der Waals surface area (Å²) >= 11 is 1.61. The van der Waals surface area contributed by atoms with E-state index in [4.69, 9.17) is 9.72 Å². The van der Waals surface area contributed by atoms with E-state index in [0.717, 1.165) is 29.5 Å². The van der Waals surface area contributed by atoms with Gasteiger partial charge in [-0.2, -0.15) is 0 Å². The number of nitrogens with one attached hydrogen (secondary N) is 1. The lowest BCUT2D eigenvalue weighted by molar-refractivity contribution is -0.144.